The molecule has 0 aliphatic rings. The van der Waals surface area contributed by atoms with Gasteiger partial charge in [0, 0.05) is 42.3 Å². The second kappa shape index (κ2) is 7.78. The SMILES string of the molecule is CNCc1cn(S(=O)(=O)c2cccnc2)c2cc(-c3cccnc3C(F)(F)F)ccc12. The van der Waals surface area contributed by atoms with Crippen molar-refractivity contribution in [2.75, 3.05) is 7.05 Å². The first-order valence-corrected chi connectivity index (χ1v) is 10.6. The molecule has 160 valence electrons. The van der Waals surface area contributed by atoms with E-state index in [1.165, 1.54) is 55.0 Å². The summed E-state index contributed by atoms with van der Waals surface area (Å²) < 4.78 is 68.0. The number of nitrogens with zero attached hydrogens (tertiary/aromatic N) is 3. The molecule has 0 spiro atoms. The van der Waals surface area contributed by atoms with Gasteiger partial charge in [-0.25, -0.2) is 12.4 Å². The van der Waals surface area contributed by atoms with Crippen molar-refractivity contribution in [1.29, 1.82) is 0 Å². The summed E-state index contributed by atoms with van der Waals surface area (Å²) >= 11 is 0. The number of alkyl halides is 3. The molecule has 1 aromatic carbocycles. The summed E-state index contributed by atoms with van der Waals surface area (Å²) in [6.45, 7) is 0.381. The maximum absolute atomic E-state index is 13.5. The average Bonchev–Trinajstić information content (AvgIpc) is 3.13. The molecule has 0 radical (unpaired) electrons. The quantitative estimate of drug-likeness (QED) is 0.500. The summed E-state index contributed by atoms with van der Waals surface area (Å²) in [5, 5.41) is 3.59. The lowest BCUT2D eigenvalue weighted by Crippen LogP contribution is -2.12. The highest BCUT2D eigenvalue weighted by molar-refractivity contribution is 7.90. The maximum atomic E-state index is 13.5. The third-order valence-electron chi connectivity index (χ3n) is 4.80. The number of rotatable bonds is 5. The van der Waals surface area contributed by atoms with Crippen LogP contribution >= 0.6 is 0 Å². The molecule has 31 heavy (non-hydrogen) atoms. The lowest BCUT2D eigenvalue weighted by molar-refractivity contribution is -0.140. The Morgan fingerprint density at radius 3 is 2.55 bits per heavy atom. The molecule has 0 amide bonds. The first-order valence-electron chi connectivity index (χ1n) is 9.20. The van der Waals surface area contributed by atoms with Crippen molar-refractivity contribution in [2.24, 2.45) is 0 Å². The monoisotopic (exact) mass is 446 g/mol. The number of fused-ring (bicyclic) bond motifs is 1. The summed E-state index contributed by atoms with van der Waals surface area (Å²) in [5.74, 6) is 0. The van der Waals surface area contributed by atoms with Gasteiger partial charge in [0.25, 0.3) is 10.0 Å². The lowest BCUT2D eigenvalue weighted by Gasteiger charge is -2.12. The van der Waals surface area contributed by atoms with Crippen LogP contribution in [-0.4, -0.2) is 29.4 Å². The minimum Gasteiger partial charge on any atom is -0.316 e. The van der Waals surface area contributed by atoms with Crippen LogP contribution in [0.15, 0.2) is 72.1 Å². The number of hydrogen-bond donors (Lipinski definition) is 1. The van der Waals surface area contributed by atoms with Gasteiger partial charge in [-0.3, -0.25) is 9.97 Å². The van der Waals surface area contributed by atoms with Gasteiger partial charge in [-0.1, -0.05) is 18.2 Å². The van der Waals surface area contributed by atoms with Crippen molar-refractivity contribution < 1.29 is 21.6 Å². The van der Waals surface area contributed by atoms with Crippen LogP contribution in [0.2, 0.25) is 0 Å². The fourth-order valence-corrected chi connectivity index (χ4v) is 4.79. The van der Waals surface area contributed by atoms with Gasteiger partial charge in [0.15, 0.2) is 5.69 Å². The minimum absolute atomic E-state index is 0.0225. The van der Waals surface area contributed by atoms with Gasteiger partial charge in [-0.15, -0.1) is 0 Å². The normalized spacial score (nSPS) is 12.4. The molecule has 4 aromatic rings. The summed E-state index contributed by atoms with van der Waals surface area (Å²) in [6, 6.07) is 10.2. The highest BCUT2D eigenvalue weighted by Gasteiger charge is 2.35. The third-order valence-corrected chi connectivity index (χ3v) is 6.46. The standard InChI is InChI=1S/C21H17F3N4O2S/c1-25-11-15-13-28(31(29,30)16-4-2-8-26-12-16)19-10-14(6-7-17(15)19)18-5-3-9-27-20(18)21(22,23)24/h2-10,12-13,25H,11H2,1H3. The average molecular weight is 446 g/mol. The number of nitrogens with one attached hydrogen (secondary N) is 1. The van der Waals surface area contributed by atoms with Gasteiger partial charge in [-0.05, 0) is 42.4 Å². The van der Waals surface area contributed by atoms with Crippen LogP contribution in [0.4, 0.5) is 13.2 Å². The number of benzene rings is 1. The van der Waals surface area contributed by atoms with Gasteiger partial charge in [-0.2, -0.15) is 13.2 Å². The molecular weight excluding hydrogens is 429 g/mol. The summed E-state index contributed by atoms with van der Waals surface area (Å²) in [6.07, 6.45) is 0.587. The van der Waals surface area contributed by atoms with E-state index in [9.17, 15) is 21.6 Å². The zero-order chi connectivity index (χ0) is 22.2. The van der Waals surface area contributed by atoms with Gasteiger partial charge in [0.2, 0.25) is 0 Å². The smallest absolute Gasteiger partial charge is 0.316 e. The van der Waals surface area contributed by atoms with Crippen LogP contribution < -0.4 is 5.32 Å². The van der Waals surface area contributed by atoms with Crippen molar-refractivity contribution in [3.8, 4) is 11.1 Å². The Labute approximate surface area is 176 Å². The van der Waals surface area contributed by atoms with Crippen molar-refractivity contribution in [3.05, 3.63) is 78.5 Å². The lowest BCUT2D eigenvalue weighted by atomic mass is 10.0. The third kappa shape index (κ3) is 3.79. The molecule has 0 saturated heterocycles. The second-order valence-corrected chi connectivity index (χ2v) is 8.62. The van der Waals surface area contributed by atoms with E-state index in [-0.39, 0.29) is 21.5 Å². The van der Waals surface area contributed by atoms with Crippen molar-refractivity contribution >= 4 is 20.9 Å². The van der Waals surface area contributed by atoms with E-state index in [0.717, 1.165) is 10.2 Å². The zero-order valence-corrected chi connectivity index (χ0v) is 17.1. The van der Waals surface area contributed by atoms with Gasteiger partial charge in [0.1, 0.15) is 4.90 Å². The molecular formula is C21H17F3N4O2S. The zero-order valence-electron chi connectivity index (χ0n) is 16.3. The number of halogens is 3. The predicted octanol–water partition coefficient (Wildman–Crippen LogP) is 4.07. The van der Waals surface area contributed by atoms with E-state index in [2.05, 4.69) is 15.3 Å². The van der Waals surface area contributed by atoms with E-state index in [1.54, 1.807) is 13.1 Å². The van der Waals surface area contributed by atoms with Gasteiger partial charge >= 0.3 is 6.18 Å². The Bertz CT molecular complexity index is 1350. The first-order chi connectivity index (χ1) is 14.7. The second-order valence-electron chi connectivity index (χ2n) is 6.80. The van der Waals surface area contributed by atoms with Crippen LogP contribution in [0.5, 0.6) is 0 Å². The first kappa shape index (κ1) is 21.0. The Morgan fingerprint density at radius 2 is 1.87 bits per heavy atom. The predicted molar refractivity (Wildman–Crippen MR) is 110 cm³/mol. The molecule has 10 heteroatoms. The molecule has 1 N–H and O–H groups in total. The molecule has 0 saturated carbocycles. The Hall–Kier alpha value is -3.24. The summed E-state index contributed by atoms with van der Waals surface area (Å²) in [4.78, 5) is 7.33. The Morgan fingerprint density at radius 1 is 1.10 bits per heavy atom. The van der Waals surface area contributed by atoms with Crippen LogP contribution in [0, 0.1) is 0 Å². The molecule has 3 heterocycles. The molecule has 0 aliphatic carbocycles. The van der Waals surface area contributed by atoms with Crippen LogP contribution in [0.25, 0.3) is 22.0 Å². The van der Waals surface area contributed by atoms with Crippen LogP contribution in [-0.2, 0) is 22.7 Å². The minimum atomic E-state index is -4.65. The number of aromatic nitrogens is 3. The topological polar surface area (TPSA) is 76.9 Å². The molecule has 0 aliphatic heterocycles. The van der Waals surface area contributed by atoms with Crippen molar-refractivity contribution in [1.82, 2.24) is 19.3 Å². The Balaban J connectivity index is 1.98. The fourth-order valence-electron chi connectivity index (χ4n) is 3.44. The molecule has 4 rings (SSSR count). The molecule has 0 bridgehead atoms. The fraction of sp³-hybridized carbons (Fsp3) is 0.143. The summed E-state index contributed by atoms with van der Waals surface area (Å²) in [5.41, 5.74) is 0.0172. The highest BCUT2D eigenvalue weighted by atomic mass is 32.2. The van der Waals surface area contributed by atoms with E-state index < -0.39 is 21.9 Å². The molecule has 0 atom stereocenters. The number of hydrogen-bond acceptors (Lipinski definition) is 5. The highest BCUT2D eigenvalue weighted by Crippen LogP contribution is 2.37. The number of pyridine rings is 2. The largest absolute Gasteiger partial charge is 0.433 e. The van der Waals surface area contributed by atoms with Crippen molar-refractivity contribution in [3.63, 3.8) is 0 Å². The van der Waals surface area contributed by atoms with E-state index in [1.807, 2.05) is 0 Å². The van der Waals surface area contributed by atoms with Gasteiger partial charge < -0.3 is 5.32 Å². The van der Waals surface area contributed by atoms with Crippen LogP contribution in [0.1, 0.15) is 11.3 Å². The molecule has 0 unspecified atom stereocenters. The molecule has 6 nitrogen and oxygen atoms in total. The Kier molecular flexibility index (Phi) is 5.28. The van der Waals surface area contributed by atoms with Crippen molar-refractivity contribution in [2.45, 2.75) is 17.6 Å². The van der Waals surface area contributed by atoms with Gasteiger partial charge in [0.05, 0.1) is 5.52 Å². The molecule has 3 aromatic heterocycles. The van der Waals surface area contributed by atoms with E-state index >= 15 is 0 Å². The molecule has 0 fully saturated rings. The maximum Gasteiger partial charge on any atom is 0.433 e. The van der Waals surface area contributed by atoms with Crippen LogP contribution in [0.3, 0.4) is 0 Å². The van der Waals surface area contributed by atoms with E-state index in [4.69, 9.17) is 0 Å². The summed E-state index contributed by atoms with van der Waals surface area (Å²) in [7, 11) is -2.29. The van der Waals surface area contributed by atoms with E-state index in [0.29, 0.717) is 17.5 Å².